The minimum Gasteiger partial charge on any atom is -0.373 e. The summed E-state index contributed by atoms with van der Waals surface area (Å²) in [6.45, 7) is 1.98. The van der Waals surface area contributed by atoms with E-state index in [4.69, 9.17) is 11.6 Å². The number of hydrogen-bond acceptors (Lipinski definition) is 3. The molecule has 0 fully saturated rings. The van der Waals surface area contributed by atoms with E-state index in [1.54, 1.807) is 37.3 Å². The molecule has 4 nitrogen and oxygen atoms in total. The van der Waals surface area contributed by atoms with Crippen LogP contribution in [0.2, 0.25) is 5.02 Å². The van der Waals surface area contributed by atoms with E-state index in [1.165, 1.54) is 0 Å². The zero-order chi connectivity index (χ0) is 15.4. The maximum atomic E-state index is 12.5. The van der Waals surface area contributed by atoms with Crippen molar-refractivity contribution in [1.29, 1.82) is 0 Å². The van der Waals surface area contributed by atoms with Gasteiger partial charge in [0.05, 0.1) is 11.6 Å². The second-order valence-electron chi connectivity index (χ2n) is 4.83. The maximum absolute atomic E-state index is 12.5. The van der Waals surface area contributed by atoms with E-state index in [2.05, 4.69) is 10.3 Å². The zero-order valence-corrected chi connectivity index (χ0v) is 13.1. The van der Waals surface area contributed by atoms with Crippen LogP contribution in [-0.2, 0) is 0 Å². The lowest BCUT2D eigenvalue weighted by molar-refractivity contribution is 0.0742. The number of rotatable bonds is 4. The van der Waals surface area contributed by atoms with Gasteiger partial charge in [-0.15, -0.1) is 0 Å². The maximum Gasteiger partial charge on any atom is 0.255 e. The van der Waals surface area contributed by atoms with Gasteiger partial charge < -0.3 is 10.2 Å². The molecule has 0 spiro atoms. The number of carbonyl (C=O) groups excluding carboxylic acids is 1. The minimum atomic E-state index is -0.0624. The summed E-state index contributed by atoms with van der Waals surface area (Å²) < 4.78 is 0. The van der Waals surface area contributed by atoms with E-state index >= 15 is 0 Å². The molecular formula is C16H18ClN3O. The summed E-state index contributed by atoms with van der Waals surface area (Å²) in [5.74, 6) is 0.674. The second-order valence-corrected chi connectivity index (χ2v) is 5.26. The SMILES string of the molecule is CNc1ccc(C(=O)N(C)C(C)c2ccc(Cl)cc2)cn1. The molecule has 0 saturated heterocycles. The predicted molar refractivity (Wildman–Crippen MR) is 85.7 cm³/mol. The molecular weight excluding hydrogens is 286 g/mol. The van der Waals surface area contributed by atoms with Gasteiger partial charge in [0.2, 0.25) is 0 Å². The Labute approximate surface area is 129 Å². The topological polar surface area (TPSA) is 45.2 Å². The molecule has 0 aliphatic rings. The quantitative estimate of drug-likeness (QED) is 0.938. The molecule has 1 heterocycles. The number of anilines is 1. The van der Waals surface area contributed by atoms with Gasteiger partial charge in [0.15, 0.2) is 0 Å². The lowest BCUT2D eigenvalue weighted by atomic mass is 10.1. The Morgan fingerprint density at radius 3 is 2.43 bits per heavy atom. The standard InChI is InChI=1S/C16H18ClN3O/c1-11(12-4-7-14(17)8-5-12)20(3)16(21)13-6-9-15(18-2)19-10-13/h4-11H,1-3H3,(H,18,19). The molecule has 1 amide bonds. The molecule has 110 valence electrons. The molecule has 0 saturated carbocycles. The number of pyridine rings is 1. The highest BCUT2D eigenvalue weighted by Crippen LogP contribution is 2.22. The van der Waals surface area contributed by atoms with Crippen molar-refractivity contribution in [3.63, 3.8) is 0 Å². The number of hydrogen-bond donors (Lipinski definition) is 1. The van der Waals surface area contributed by atoms with Crippen LogP contribution in [0, 0.1) is 0 Å². The molecule has 2 rings (SSSR count). The zero-order valence-electron chi connectivity index (χ0n) is 12.3. The van der Waals surface area contributed by atoms with Crippen LogP contribution >= 0.6 is 11.6 Å². The molecule has 1 N–H and O–H groups in total. The van der Waals surface area contributed by atoms with Crippen molar-refractivity contribution in [3.05, 3.63) is 58.7 Å². The normalized spacial score (nSPS) is 11.8. The van der Waals surface area contributed by atoms with Crippen molar-refractivity contribution in [2.75, 3.05) is 19.4 Å². The molecule has 1 aromatic heterocycles. The molecule has 1 unspecified atom stereocenters. The van der Waals surface area contributed by atoms with E-state index in [-0.39, 0.29) is 11.9 Å². The van der Waals surface area contributed by atoms with Crippen molar-refractivity contribution in [2.24, 2.45) is 0 Å². The summed E-state index contributed by atoms with van der Waals surface area (Å²) in [5.41, 5.74) is 1.60. The van der Waals surface area contributed by atoms with Gasteiger partial charge in [-0.1, -0.05) is 23.7 Å². The van der Waals surface area contributed by atoms with Crippen molar-refractivity contribution in [3.8, 4) is 0 Å². The number of nitrogens with zero attached hydrogens (tertiary/aromatic N) is 2. The Morgan fingerprint density at radius 2 is 1.90 bits per heavy atom. The molecule has 1 atom stereocenters. The Bertz CT molecular complexity index is 610. The highest BCUT2D eigenvalue weighted by Gasteiger charge is 2.19. The Balaban J connectivity index is 2.15. The third-order valence-corrected chi connectivity index (χ3v) is 3.77. The van der Waals surface area contributed by atoms with Crippen LogP contribution in [0.25, 0.3) is 0 Å². The van der Waals surface area contributed by atoms with Gasteiger partial charge in [0, 0.05) is 25.3 Å². The number of aromatic nitrogens is 1. The van der Waals surface area contributed by atoms with Crippen LogP contribution in [0.15, 0.2) is 42.6 Å². The summed E-state index contributed by atoms with van der Waals surface area (Å²) in [6, 6.07) is 11.0. The van der Waals surface area contributed by atoms with Gasteiger partial charge in [-0.2, -0.15) is 0 Å². The van der Waals surface area contributed by atoms with Crippen LogP contribution in [0.1, 0.15) is 28.9 Å². The molecule has 1 aromatic carbocycles. The number of amides is 1. The summed E-state index contributed by atoms with van der Waals surface area (Å²) in [5, 5.41) is 3.61. The summed E-state index contributed by atoms with van der Waals surface area (Å²) in [6.07, 6.45) is 1.58. The van der Waals surface area contributed by atoms with E-state index in [0.29, 0.717) is 10.6 Å². The van der Waals surface area contributed by atoms with Gasteiger partial charge >= 0.3 is 0 Å². The lowest BCUT2D eigenvalue weighted by Gasteiger charge is -2.25. The summed E-state index contributed by atoms with van der Waals surface area (Å²) in [7, 11) is 3.58. The van der Waals surface area contributed by atoms with Crippen molar-refractivity contribution in [1.82, 2.24) is 9.88 Å². The molecule has 0 aliphatic carbocycles. The Hall–Kier alpha value is -2.07. The number of nitrogens with one attached hydrogen (secondary N) is 1. The molecule has 0 bridgehead atoms. The second kappa shape index (κ2) is 6.59. The number of halogens is 1. The first kappa shape index (κ1) is 15.3. The van der Waals surface area contributed by atoms with E-state index in [0.717, 1.165) is 11.4 Å². The molecule has 0 radical (unpaired) electrons. The van der Waals surface area contributed by atoms with Crippen LogP contribution in [-0.4, -0.2) is 29.9 Å². The fourth-order valence-electron chi connectivity index (χ4n) is 2.01. The molecule has 5 heteroatoms. The fraction of sp³-hybridized carbons (Fsp3) is 0.250. The highest BCUT2D eigenvalue weighted by molar-refractivity contribution is 6.30. The average molecular weight is 304 g/mol. The minimum absolute atomic E-state index is 0.0428. The summed E-state index contributed by atoms with van der Waals surface area (Å²) >= 11 is 5.89. The van der Waals surface area contributed by atoms with Crippen LogP contribution in [0.3, 0.4) is 0 Å². The summed E-state index contributed by atoms with van der Waals surface area (Å²) in [4.78, 5) is 18.3. The van der Waals surface area contributed by atoms with Crippen molar-refractivity contribution < 1.29 is 4.79 Å². The largest absolute Gasteiger partial charge is 0.373 e. The number of benzene rings is 1. The van der Waals surface area contributed by atoms with Gasteiger partial charge in [0.25, 0.3) is 5.91 Å². The first-order valence-corrected chi connectivity index (χ1v) is 7.07. The van der Waals surface area contributed by atoms with E-state index < -0.39 is 0 Å². The van der Waals surface area contributed by atoms with Crippen LogP contribution < -0.4 is 5.32 Å². The monoisotopic (exact) mass is 303 g/mol. The Kier molecular flexibility index (Phi) is 4.81. The highest BCUT2D eigenvalue weighted by atomic mass is 35.5. The van der Waals surface area contributed by atoms with E-state index in [9.17, 15) is 4.79 Å². The predicted octanol–water partition coefficient (Wildman–Crippen LogP) is 3.61. The molecule has 2 aromatic rings. The average Bonchev–Trinajstić information content (AvgIpc) is 2.53. The molecule has 0 aliphatic heterocycles. The third-order valence-electron chi connectivity index (χ3n) is 3.52. The van der Waals surface area contributed by atoms with E-state index in [1.807, 2.05) is 31.2 Å². The van der Waals surface area contributed by atoms with Gasteiger partial charge in [0.1, 0.15) is 5.82 Å². The van der Waals surface area contributed by atoms with Crippen LogP contribution in [0.4, 0.5) is 5.82 Å². The third kappa shape index (κ3) is 3.52. The lowest BCUT2D eigenvalue weighted by Crippen LogP contribution is -2.29. The number of carbonyl (C=O) groups is 1. The van der Waals surface area contributed by atoms with Crippen molar-refractivity contribution >= 4 is 23.3 Å². The smallest absolute Gasteiger partial charge is 0.255 e. The van der Waals surface area contributed by atoms with Gasteiger partial charge in [-0.3, -0.25) is 4.79 Å². The molecule has 21 heavy (non-hydrogen) atoms. The van der Waals surface area contributed by atoms with Gasteiger partial charge in [-0.25, -0.2) is 4.98 Å². The van der Waals surface area contributed by atoms with Crippen molar-refractivity contribution in [2.45, 2.75) is 13.0 Å². The fourth-order valence-corrected chi connectivity index (χ4v) is 2.14. The van der Waals surface area contributed by atoms with Crippen LogP contribution in [0.5, 0.6) is 0 Å². The first-order chi connectivity index (χ1) is 10.0. The Morgan fingerprint density at radius 1 is 1.24 bits per heavy atom. The van der Waals surface area contributed by atoms with Gasteiger partial charge in [-0.05, 0) is 36.8 Å². The first-order valence-electron chi connectivity index (χ1n) is 6.69.